The highest BCUT2D eigenvalue weighted by molar-refractivity contribution is 5.81. The van der Waals surface area contributed by atoms with Crippen LogP contribution in [-0.2, 0) is 6.42 Å². The summed E-state index contributed by atoms with van der Waals surface area (Å²) in [6, 6.07) is 15.4. The minimum atomic E-state index is 0.319. The SMILES string of the molecule is Oc1ccccc1Cc1n[nH]c2ccccc12. The normalized spacial score (nSPS) is 10.8. The van der Waals surface area contributed by atoms with Gasteiger partial charge in [0.2, 0.25) is 0 Å². The molecule has 0 fully saturated rings. The van der Waals surface area contributed by atoms with Crippen LogP contribution in [-0.4, -0.2) is 15.3 Å². The summed E-state index contributed by atoms with van der Waals surface area (Å²) in [4.78, 5) is 0. The molecule has 2 aromatic carbocycles. The van der Waals surface area contributed by atoms with Crippen LogP contribution in [0.2, 0.25) is 0 Å². The molecule has 0 aliphatic heterocycles. The Bertz CT molecular complexity index is 658. The van der Waals surface area contributed by atoms with E-state index < -0.39 is 0 Å². The lowest BCUT2D eigenvalue weighted by atomic mass is 10.1. The van der Waals surface area contributed by atoms with Gasteiger partial charge in [0.05, 0.1) is 11.2 Å². The van der Waals surface area contributed by atoms with E-state index in [0.29, 0.717) is 12.2 Å². The summed E-state index contributed by atoms with van der Waals surface area (Å²) in [6.45, 7) is 0. The third-order valence-corrected chi connectivity index (χ3v) is 2.90. The van der Waals surface area contributed by atoms with Gasteiger partial charge in [0, 0.05) is 11.8 Å². The molecule has 0 radical (unpaired) electrons. The number of para-hydroxylation sites is 2. The van der Waals surface area contributed by atoms with Crippen LogP contribution in [0.15, 0.2) is 48.5 Å². The first-order valence-corrected chi connectivity index (χ1v) is 5.53. The van der Waals surface area contributed by atoms with Crippen molar-refractivity contribution < 1.29 is 5.11 Å². The monoisotopic (exact) mass is 224 g/mol. The van der Waals surface area contributed by atoms with Crippen LogP contribution >= 0.6 is 0 Å². The zero-order chi connectivity index (χ0) is 11.7. The van der Waals surface area contributed by atoms with Crippen LogP contribution in [0.3, 0.4) is 0 Å². The molecule has 2 N–H and O–H groups in total. The molecule has 0 aliphatic carbocycles. The summed E-state index contributed by atoms with van der Waals surface area (Å²) in [5.41, 5.74) is 2.88. The zero-order valence-corrected chi connectivity index (χ0v) is 9.22. The van der Waals surface area contributed by atoms with Gasteiger partial charge in [0.15, 0.2) is 0 Å². The number of rotatable bonds is 2. The first kappa shape index (κ1) is 9.90. The van der Waals surface area contributed by atoms with E-state index in [2.05, 4.69) is 10.2 Å². The predicted molar refractivity (Wildman–Crippen MR) is 67.0 cm³/mol. The summed E-state index contributed by atoms with van der Waals surface area (Å²) in [7, 11) is 0. The standard InChI is InChI=1S/C14H12N2O/c17-14-8-4-1-5-10(14)9-13-11-6-2-3-7-12(11)15-16-13/h1-8,17H,9H2,(H,15,16). The molecule has 0 saturated heterocycles. The largest absolute Gasteiger partial charge is 0.508 e. The number of H-pyrrole nitrogens is 1. The fourth-order valence-electron chi connectivity index (χ4n) is 2.00. The quantitative estimate of drug-likeness (QED) is 0.703. The number of aromatic nitrogens is 2. The number of aromatic hydroxyl groups is 1. The van der Waals surface area contributed by atoms with Crippen molar-refractivity contribution in [1.82, 2.24) is 10.2 Å². The second-order valence-electron chi connectivity index (χ2n) is 4.02. The molecule has 0 saturated carbocycles. The molecular weight excluding hydrogens is 212 g/mol. The average molecular weight is 224 g/mol. The van der Waals surface area contributed by atoms with Crippen molar-refractivity contribution in [2.75, 3.05) is 0 Å². The van der Waals surface area contributed by atoms with Crippen LogP contribution < -0.4 is 0 Å². The van der Waals surface area contributed by atoms with Gasteiger partial charge in [-0.05, 0) is 17.7 Å². The van der Waals surface area contributed by atoms with E-state index in [1.165, 1.54) is 0 Å². The highest BCUT2D eigenvalue weighted by Gasteiger charge is 2.07. The maximum absolute atomic E-state index is 9.74. The third kappa shape index (κ3) is 1.76. The van der Waals surface area contributed by atoms with E-state index in [4.69, 9.17) is 0 Å². The Labute approximate surface area is 98.7 Å². The van der Waals surface area contributed by atoms with E-state index in [1.54, 1.807) is 6.07 Å². The van der Waals surface area contributed by atoms with Gasteiger partial charge < -0.3 is 5.11 Å². The number of fused-ring (bicyclic) bond motifs is 1. The van der Waals surface area contributed by atoms with Crippen molar-refractivity contribution in [3.8, 4) is 5.75 Å². The highest BCUT2D eigenvalue weighted by atomic mass is 16.3. The molecule has 1 aromatic heterocycles. The molecule has 0 amide bonds. The lowest BCUT2D eigenvalue weighted by molar-refractivity contribution is 0.469. The maximum Gasteiger partial charge on any atom is 0.119 e. The molecular formula is C14H12N2O. The van der Waals surface area contributed by atoms with Crippen molar-refractivity contribution in [2.45, 2.75) is 6.42 Å². The van der Waals surface area contributed by atoms with Gasteiger partial charge in [-0.3, -0.25) is 5.10 Å². The van der Waals surface area contributed by atoms with E-state index in [9.17, 15) is 5.11 Å². The van der Waals surface area contributed by atoms with Gasteiger partial charge in [-0.15, -0.1) is 0 Å². The number of nitrogens with zero attached hydrogens (tertiary/aromatic N) is 1. The second kappa shape index (κ2) is 3.94. The van der Waals surface area contributed by atoms with Crippen molar-refractivity contribution in [3.63, 3.8) is 0 Å². The van der Waals surface area contributed by atoms with Gasteiger partial charge in [0.25, 0.3) is 0 Å². The van der Waals surface area contributed by atoms with E-state index in [-0.39, 0.29) is 0 Å². The summed E-state index contributed by atoms with van der Waals surface area (Å²) >= 11 is 0. The number of nitrogens with one attached hydrogen (secondary N) is 1. The van der Waals surface area contributed by atoms with Crippen LogP contribution in [0.1, 0.15) is 11.3 Å². The molecule has 0 spiro atoms. The Morgan fingerprint density at radius 2 is 1.76 bits per heavy atom. The molecule has 0 unspecified atom stereocenters. The Morgan fingerprint density at radius 3 is 2.65 bits per heavy atom. The zero-order valence-electron chi connectivity index (χ0n) is 9.22. The summed E-state index contributed by atoms with van der Waals surface area (Å²) in [5, 5.41) is 18.1. The molecule has 0 bridgehead atoms. The van der Waals surface area contributed by atoms with Gasteiger partial charge >= 0.3 is 0 Å². The van der Waals surface area contributed by atoms with Gasteiger partial charge in [0.1, 0.15) is 5.75 Å². The molecule has 3 nitrogen and oxygen atoms in total. The topological polar surface area (TPSA) is 48.9 Å². The number of benzene rings is 2. The summed E-state index contributed by atoms with van der Waals surface area (Å²) in [5.74, 6) is 0.319. The average Bonchev–Trinajstić information content (AvgIpc) is 2.76. The molecule has 3 heteroatoms. The fourth-order valence-corrected chi connectivity index (χ4v) is 2.00. The summed E-state index contributed by atoms with van der Waals surface area (Å²) in [6.07, 6.45) is 0.636. The lowest BCUT2D eigenvalue weighted by Gasteiger charge is -2.01. The van der Waals surface area contributed by atoms with E-state index in [1.807, 2.05) is 42.5 Å². The lowest BCUT2D eigenvalue weighted by Crippen LogP contribution is -1.89. The number of phenols is 1. The molecule has 84 valence electrons. The molecule has 0 atom stereocenters. The maximum atomic E-state index is 9.74. The predicted octanol–water partition coefficient (Wildman–Crippen LogP) is 2.86. The summed E-state index contributed by atoms with van der Waals surface area (Å²) < 4.78 is 0. The minimum absolute atomic E-state index is 0.319. The minimum Gasteiger partial charge on any atom is -0.508 e. The van der Waals surface area contributed by atoms with Crippen LogP contribution in [0.4, 0.5) is 0 Å². The molecule has 1 heterocycles. The third-order valence-electron chi connectivity index (χ3n) is 2.90. The Balaban J connectivity index is 2.03. The number of phenolic OH excluding ortho intramolecular Hbond substituents is 1. The first-order valence-electron chi connectivity index (χ1n) is 5.53. The van der Waals surface area contributed by atoms with E-state index >= 15 is 0 Å². The van der Waals surface area contributed by atoms with Crippen LogP contribution in [0, 0.1) is 0 Å². The second-order valence-corrected chi connectivity index (χ2v) is 4.02. The molecule has 3 aromatic rings. The van der Waals surface area contributed by atoms with Crippen LogP contribution in [0.25, 0.3) is 10.9 Å². The number of aromatic amines is 1. The van der Waals surface area contributed by atoms with Crippen molar-refractivity contribution >= 4 is 10.9 Å². The van der Waals surface area contributed by atoms with Gasteiger partial charge in [-0.25, -0.2) is 0 Å². The molecule has 17 heavy (non-hydrogen) atoms. The number of hydrogen-bond donors (Lipinski definition) is 2. The Kier molecular flexibility index (Phi) is 2.29. The van der Waals surface area contributed by atoms with Crippen LogP contribution in [0.5, 0.6) is 5.75 Å². The fraction of sp³-hybridized carbons (Fsp3) is 0.0714. The molecule has 0 aliphatic rings. The van der Waals surface area contributed by atoms with Gasteiger partial charge in [-0.2, -0.15) is 5.10 Å². The van der Waals surface area contributed by atoms with E-state index in [0.717, 1.165) is 22.2 Å². The van der Waals surface area contributed by atoms with Gasteiger partial charge in [-0.1, -0.05) is 36.4 Å². The number of hydrogen-bond acceptors (Lipinski definition) is 2. The Morgan fingerprint density at radius 1 is 1.00 bits per heavy atom. The van der Waals surface area contributed by atoms with Crippen molar-refractivity contribution in [3.05, 3.63) is 59.8 Å². The van der Waals surface area contributed by atoms with Crippen molar-refractivity contribution in [1.29, 1.82) is 0 Å². The smallest absolute Gasteiger partial charge is 0.119 e. The molecule has 3 rings (SSSR count). The Hall–Kier alpha value is -2.29. The first-order chi connectivity index (χ1) is 8.34. The highest BCUT2D eigenvalue weighted by Crippen LogP contribution is 2.22. The van der Waals surface area contributed by atoms with Crippen molar-refractivity contribution in [2.24, 2.45) is 0 Å².